The van der Waals surface area contributed by atoms with Crippen molar-refractivity contribution in [1.82, 2.24) is 4.98 Å². The van der Waals surface area contributed by atoms with Crippen LogP contribution in [0.2, 0.25) is 0 Å². The minimum atomic E-state index is -4.24. The molecule has 0 unspecified atom stereocenters. The Morgan fingerprint density at radius 3 is 2.35 bits per heavy atom. The molecule has 1 heterocycles. The molecule has 2 amide bonds. The van der Waals surface area contributed by atoms with E-state index in [0.29, 0.717) is 16.5 Å². The average Bonchev–Trinajstić information content (AvgIpc) is 2.83. The van der Waals surface area contributed by atoms with Gasteiger partial charge in [0.2, 0.25) is 11.8 Å². The number of nitrogens with two attached hydrogens (primary N) is 1. The predicted molar refractivity (Wildman–Crippen MR) is 126 cm³/mol. The SMILES string of the molecule is NC(=O)c1ccc(NC(=O)CN(c2ccc(F)cc2)S(=O)(=O)c2cccc3cnccc23)cc1. The molecule has 172 valence electrons. The van der Waals surface area contributed by atoms with E-state index >= 15 is 0 Å². The number of benzene rings is 3. The number of amides is 2. The Labute approximate surface area is 194 Å². The number of fused-ring (bicyclic) bond motifs is 1. The summed E-state index contributed by atoms with van der Waals surface area (Å²) in [4.78, 5) is 28.1. The lowest BCUT2D eigenvalue weighted by Gasteiger charge is -2.25. The standard InChI is InChI=1S/C24H19FN4O4S/c25-18-6-10-20(11-7-18)29(15-23(30)28-19-8-4-16(5-9-19)24(26)31)34(32,33)22-3-1-2-17-14-27-13-12-21(17)22/h1-14H,15H2,(H2,26,31)(H,28,30). The Morgan fingerprint density at radius 2 is 1.68 bits per heavy atom. The molecule has 0 spiro atoms. The number of halogens is 1. The summed E-state index contributed by atoms with van der Waals surface area (Å²) in [5.41, 5.74) is 5.95. The van der Waals surface area contributed by atoms with Crippen molar-refractivity contribution in [2.75, 3.05) is 16.2 Å². The number of anilines is 2. The largest absolute Gasteiger partial charge is 0.366 e. The van der Waals surface area contributed by atoms with Gasteiger partial charge in [0.25, 0.3) is 10.0 Å². The summed E-state index contributed by atoms with van der Waals surface area (Å²) in [5.74, 6) is -1.80. The molecule has 4 rings (SSSR count). The van der Waals surface area contributed by atoms with Crippen LogP contribution in [0.5, 0.6) is 0 Å². The van der Waals surface area contributed by atoms with Gasteiger partial charge in [0, 0.05) is 34.4 Å². The Kier molecular flexibility index (Phi) is 6.24. The molecule has 0 aliphatic heterocycles. The van der Waals surface area contributed by atoms with Gasteiger partial charge in [-0.25, -0.2) is 12.8 Å². The van der Waals surface area contributed by atoms with Crippen molar-refractivity contribution in [3.8, 4) is 0 Å². The van der Waals surface area contributed by atoms with E-state index in [2.05, 4.69) is 10.3 Å². The smallest absolute Gasteiger partial charge is 0.265 e. The summed E-state index contributed by atoms with van der Waals surface area (Å²) in [7, 11) is -4.24. The average molecular weight is 479 g/mol. The van der Waals surface area contributed by atoms with E-state index in [0.717, 1.165) is 16.4 Å². The summed E-state index contributed by atoms with van der Waals surface area (Å²) < 4.78 is 41.9. The van der Waals surface area contributed by atoms with Crippen molar-refractivity contribution in [3.63, 3.8) is 0 Å². The van der Waals surface area contributed by atoms with E-state index in [4.69, 9.17) is 5.73 Å². The second kappa shape index (κ2) is 9.28. The Morgan fingerprint density at radius 1 is 0.971 bits per heavy atom. The van der Waals surface area contributed by atoms with Gasteiger partial charge in [-0.3, -0.25) is 18.9 Å². The van der Waals surface area contributed by atoms with Gasteiger partial charge >= 0.3 is 0 Å². The van der Waals surface area contributed by atoms with Crippen LogP contribution in [-0.4, -0.2) is 31.8 Å². The zero-order valence-electron chi connectivity index (χ0n) is 17.7. The maximum absolute atomic E-state index is 13.7. The van der Waals surface area contributed by atoms with E-state index in [-0.39, 0.29) is 16.1 Å². The molecule has 1 aromatic heterocycles. The lowest BCUT2D eigenvalue weighted by molar-refractivity contribution is -0.114. The number of pyridine rings is 1. The Balaban J connectivity index is 1.70. The topological polar surface area (TPSA) is 122 Å². The van der Waals surface area contributed by atoms with Gasteiger partial charge in [-0.05, 0) is 60.7 Å². The molecule has 0 aliphatic carbocycles. The normalized spacial score (nSPS) is 11.2. The first-order chi connectivity index (χ1) is 16.3. The maximum Gasteiger partial charge on any atom is 0.265 e. The minimum Gasteiger partial charge on any atom is -0.366 e. The molecule has 0 saturated heterocycles. The van der Waals surface area contributed by atoms with E-state index < -0.39 is 34.2 Å². The number of hydrogen-bond donors (Lipinski definition) is 2. The zero-order valence-corrected chi connectivity index (χ0v) is 18.5. The fraction of sp³-hybridized carbons (Fsp3) is 0.0417. The van der Waals surface area contributed by atoms with Crippen molar-refractivity contribution >= 4 is 44.0 Å². The third-order valence-electron chi connectivity index (χ3n) is 5.06. The molecule has 0 fully saturated rings. The summed E-state index contributed by atoms with van der Waals surface area (Å²) in [6.45, 7) is -0.576. The van der Waals surface area contributed by atoms with E-state index in [1.807, 2.05) is 0 Å². The Hall–Kier alpha value is -4.31. The number of aromatic nitrogens is 1. The summed E-state index contributed by atoms with van der Waals surface area (Å²) in [6.07, 6.45) is 3.02. The van der Waals surface area contributed by atoms with Crippen molar-refractivity contribution in [1.29, 1.82) is 0 Å². The van der Waals surface area contributed by atoms with Crippen LogP contribution in [0, 0.1) is 5.82 Å². The summed E-state index contributed by atoms with van der Waals surface area (Å²) >= 11 is 0. The molecule has 0 atom stereocenters. The second-order valence-corrected chi connectivity index (χ2v) is 9.16. The van der Waals surface area contributed by atoms with Crippen LogP contribution < -0.4 is 15.4 Å². The molecule has 34 heavy (non-hydrogen) atoms. The highest BCUT2D eigenvalue weighted by Crippen LogP contribution is 2.29. The van der Waals surface area contributed by atoms with Crippen LogP contribution in [0.1, 0.15) is 10.4 Å². The molecule has 10 heteroatoms. The third kappa shape index (κ3) is 4.71. The van der Waals surface area contributed by atoms with Crippen LogP contribution in [0.15, 0.2) is 90.1 Å². The molecule has 0 bridgehead atoms. The summed E-state index contributed by atoms with van der Waals surface area (Å²) in [6, 6.07) is 17.0. The highest BCUT2D eigenvalue weighted by atomic mass is 32.2. The first kappa shape index (κ1) is 22.9. The van der Waals surface area contributed by atoms with Gasteiger partial charge < -0.3 is 11.1 Å². The highest BCUT2D eigenvalue weighted by Gasteiger charge is 2.29. The number of hydrogen-bond acceptors (Lipinski definition) is 5. The Bertz CT molecular complexity index is 1470. The van der Waals surface area contributed by atoms with E-state index in [1.54, 1.807) is 24.4 Å². The first-order valence-corrected chi connectivity index (χ1v) is 11.5. The maximum atomic E-state index is 13.7. The number of primary amides is 1. The molecule has 3 N–H and O–H groups in total. The molecule has 0 aliphatic rings. The third-order valence-corrected chi connectivity index (χ3v) is 6.90. The van der Waals surface area contributed by atoms with Crippen LogP contribution in [0.25, 0.3) is 10.8 Å². The predicted octanol–water partition coefficient (Wildman–Crippen LogP) is 3.31. The van der Waals surface area contributed by atoms with E-state index in [9.17, 15) is 22.4 Å². The summed E-state index contributed by atoms with van der Waals surface area (Å²) in [5, 5.41) is 3.65. The molecule has 0 radical (unpaired) electrons. The van der Waals surface area contributed by atoms with Crippen molar-refractivity contribution in [2.24, 2.45) is 5.73 Å². The van der Waals surface area contributed by atoms with Crippen molar-refractivity contribution < 1.29 is 22.4 Å². The van der Waals surface area contributed by atoms with Crippen LogP contribution in [-0.2, 0) is 14.8 Å². The van der Waals surface area contributed by atoms with Crippen LogP contribution in [0.3, 0.4) is 0 Å². The minimum absolute atomic E-state index is 0.0182. The van der Waals surface area contributed by atoms with Gasteiger partial charge in [0.1, 0.15) is 12.4 Å². The van der Waals surface area contributed by atoms with Gasteiger partial charge in [-0.15, -0.1) is 0 Å². The number of carbonyl (C=O) groups is 2. The van der Waals surface area contributed by atoms with Crippen molar-refractivity contribution in [3.05, 3.63) is 96.6 Å². The molecular weight excluding hydrogens is 459 g/mol. The van der Waals surface area contributed by atoms with E-state index in [1.165, 1.54) is 48.7 Å². The lowest BCUT2D eigenvalue weighted by atomic mass is 10.2. The highest BCUT2D eigenvalue weighted by molar-refractivity contribution is 7.93. The molecule has 3 aromatic carbocycles. The van der Waals surface area contributed by atoms with Crippen LogP contribution >= 0.6 is 0 Å². The van der Waals surface area contributed by atoms with Gasteiger partial charge in [0.05, 0.1) is 10.6 Å². The van der Waals surface area contributed by atoms with Gasteiger partial charge in [-0.2, -0.15) is 0 Å². The number of nitrogens with one attached hydrogen (secondary N) is 1. The first-order valence-electron chi connectivity index (χ1n) is 10.1. The van der Waals surface area contributed by atoms with Crippen LogP contribution in [0.4, 0.5) is 15.8 Å². The fourth-order valence-corrected chi connectivity index (χ4v) is 5.05. The second-order valence-electron chi connectivity index (χ2n) is 7.33. The van der Waals surface area contributed by atoms with Gasteiger partial charge in [-0.1, -0.05) is 12.1 Å². The van der Waals surface area contributed by atoms with Gasteiger partial charge in [0.15, 0.2) is 0 Å². The molecular formula is C24H19FN4O4S. The molecule has 0 saturated carbocycles. The monoisotopic (exact) mass is 478 g/mol. The number of carbonyl (C=O) groups excluding carboxylic acids is 2. The van der Waals surface area contributed by atoms with Crippen molar-refractivity contribution in [2.45, 2.75) is 4.90 Å². The fourth-order valence-electron chi connectivity index (χ4n) is 3.41. The zero-order chi connectivity index (χ0) is 24.3. The molecule has 4 aromatic rings. The molecule has 8 nitrogen and oxygen atoms in total. The lowest BCUT2D eigenvalue weighted by Crippen LogP contribution is -2.38. The quantitative estimate of drug-likeness (QED) is 0.422. The number of nitrogens with zero attached hydrogens (tertiary/aromatic N) is 2. The number of rotatable bonds is 7. The number of sulfonamides is 1.